The molecule has 192 valence electrons. The first-order valence-electron chi connectivity index (χ1n) is 12.2. The molecule has 12 heteroatoms. The van der Waals surface area contributed by atoms with Gasteiger partial charge in [-0.3, -0.25) is 4.79 Å². The summed E-state index contributed by atoms with van der Waals surface area (Å²) in [5.41, 5.74) is 1.56. The van der Waals surface area contributed by atoms with Crippen LogP contribution in [-0.2, 0) is 14.6 Å². The maximum atomic E-state index is 13.3. The highest BCUT2D eigenvalue weighted by Crippen LogP contribution is 2.25. The first kappa shape index (κ1) is 24.4. The van der Waals surface area contributed by atoms with Crippen molar-refractivity contribution in [3.8, 4) is 11.4 Å². The summed E-state index contributed by atoms with van der Waals surface area (Å²) in [6.45, 7) is 4.06. The van der Waals surface area contributed by atoms with E-state index in [1.165, 1.54) is 4.90 Å². The SMILES string of the molecule is C[C@H]1COCCN1c1cc(C(=O)N2CCS(=O)(=O)CC2)nc(-c2ccc(NC(=O)NC3CC3)cc2)n1. The Hall–Kier alpha value is -3.25. The summed E-state index contributed by atoms with van der Waals surface area (Å²) in [7, 11) is -3.11. The van der Waals surface area contributed by atoms with Crippen molar-refractivity contribution in [3.63, 3.8) is 0 Å². The third kappa shape index (κ3) is 5.76. The van der Waals surface area contributed by atoms with Gasteiger partial charge in [0, 0.05) is 43.0 Å². The quantitative estimate of drug-likeness (QED) is 0.614. The van der Waals surface area contributed by atoms with E-state index < -0.39 is 9.84 Å². The van der Waals surface area contributed by atoms with E-state index in [4.69, 9.17) is 9.72 Å². The average Bonchev–Trinajstić information content (AvgIpc) is 3.68. The zero-order valence-electron chi connectivity index (χ0n) is 20.1. The molecule has 0 radical (unpaired) electrons. The second-order valence-electron chi connectivity index (χ2n) is 9.45. The number of carbonyl (C=O) groups excluding carboxylic acids is 2. The molecule has 2 aromatic rings. The predicted octanol–water partition coefficient (Wildman–Crippen LogP) is 1.52. The van der Waals surface area contributed by atoms with Crippen LogP contribution in [0, 0.1) is 0 Å². The summed E-state index contributed by atoms with van der Waals surface area (Å²) in [6.07, 6.45) is 2.02. The van der Waals surface area contributed by atoms with E-state index in [0.29, 0.717) is 42.7 Å². The first-order valence-corrected chi connectivity index (χ1v) is 14.0. The van der Waals surface area contributed by atoms with E-state index >= 15 is 0 Å². The fraction of sp³-hybridized carbons (Fsp3) is 0.500. The number of nitrogens with zero attached hydrogens (tertiary/aromatic N) is 4. The fourth-order valence-corrected chi connectivity index (χ4v) is 5.45. The molecule has 3 fully saturated rings. The number of anilines is 2. The standard InChI is InChI=1S/C24H30N6O5S/c1-16-15-35-11-8-30(16)21-14-20(23(31)29-9-12-36(33,34)13-10-29)27-22(28-21)17-2-4-18(5-3-17)25-24(32)26-19-6-7-19/h2-5,14,16,19H,6-13,15H2,1H3,(H2,25,26,32)/t16-/m0/s1. The molecule has 1 aromatic heterocycles. The molecule has 1 aromatic carbocycles. The minimum Gasteiger partial charge on any atom is -0.377 e. The number of aromatic nitrogens is 2. The van der Waals surface area contributed by atoms with Crippen molar-refractivity contribution in [2.45, 2.75) is 31.8 Å². The average molecular weight is 515 g/mol. The topological polar surface area (TPSA) is 134 Å². The van der Waals surface area contributed by atoms with Gasteiger partial charge in [0.15, 0.2) is 15.7 Å². The van der Waals surface area contributed by atoms with Crippen LogP contribution in [0.3, 0.4) is 0 Å². The van der Waals surface area contributed by atoms with E-state index in [1.807, 2.05) is 6.92 Å². The minimum absolute atomic E-state index is 0.0488. The van der Waals surface area contributed by atoms with Crippen LogP contribution in [0.1, 0.15) is 30.3 Å². The monoisotopic (exact) mass is 514 g/mol. The van der Waals surface area contributed by atoms with E-state index in [-0.39, 0.29) is 54.3 Å². The third-order valence-electron chi connectivity index (χ3n) is 6.54. The maximum Gasteiger partial charge on any atom is 0.319 e. The molecule has 36 heavy (non-hydrogen) atoms. The second kappa shape index (κ2) is 10.0. The van der Waals surface area contributed by atoms with Gasteiger partial charge in [-0.2, -0.15) is 0 Å². The summed E-state index contributed by atoms with van der Waals surface area (Å²) in [5, 5.41) is 5.70. The number of morpholine rings is 1. The van der Waals surface area contributed by atoms with Crippen molar-refractivity contribution in [1.29, 1.82) is 0 Å². The largest absolute Gasteiger partial charge is 0.377 e. The molecule has 2 aliphatic heterocycles. The minimum atomic E-state index is -3.11. The van der Waals surface area contributed by atoms with Gasteiger partial charge in [0.25, 0.3) is 5.91 Å². The van der Waals surface area contributed by atoms with Crippen molar-refractivity contribution in [2.75, 3.05) is 54.6 Å². The Morgan fingerprint density at radius 2 is 1.78 bits per heavy atom. The van der Waals surface area contributed by atoms with E-state index in [0.717, 1.165) is 12.8 Å². The van der Waals surface area contributed by atoms with Crippen LogP contribution in [0.25, 0.3) is 11.4 Å². The summed E-state index contributed by atoms with van der Waals surface area (Å²) in [4.78, 5) is 38.3. The van der Waals surface area contributed by atoms with Crippen LogP contribution < -0.4 is 15.5 Å². The first-order chi connectivity index (χ1) is 17.3. The molecule has 3 heterocycles. The van der Waals surface area contributed by atoms with Crippen LogP contribution in [0.4, 0.5) is 16.3 Å². The molecule has 11 nitrogen and oxygen atoms in total. The molecule has 2 saturated heterocycles. The van der Waals surface area contributed by atoms with E-state index in [9.17, 15) is 18.0 Å². The van der Waals surface area contributed by atoms with Gasteiger partial charge >= 0.3 is 6.03 Å². The van der Waals surface area contributed by atoms with Crippen molar-refractivity contribution in [1.82, 2.24) is 20.2 Å². The van der Waals surface area contributed by atoms with Crippen LogP contribution >= 0.6 is 0 Å². The normalized spacial score (nSPS) is 21.6. The lowest BCUT2D eigenvalue weighted by Crippen LogP contribution is -2.45. The second-order valence-corrected chi connectivity index (χ2v) is 11.8. The summed E-state index contributed by atoms with van der Waals surface area (Å²) < 4.78 is 29.2. The Morgan fingerprint density at radius 1 is 1.06 bits per heavy atom. The van der Waals surface area contributed by atoms with Crippen molar-refractivity contribution >= 4 is 33.3 Å². The highest BCUT2D eigenvalue weighted by molar-refractivity contribution is 7.91. The number of nitrogens with one attached hydrogen (secondary N) is 2. The van der Waals surface area contributed by atoms with Gasteiger partial charge in [-0.25, -0.2) is 23.2 Å². The molecule has 1 aliphatic carbocycles. The van der Waals surface area contributed by atoms with Crippen LogP contribution in [-0.4, -0.2) is 91.7 Å². The van der Waals surface area contributed by atoms with Crippen LogP contribution in [0.5, 0.6) is 0 Å². The van der Waals surface area contributed by atoms with Gasteiger partial charge in [-0.05, 0) is 44.0 Å². The Balaban J connectivity index is 1.42. The zero-order valence-corrected chi connectivity index (χ0v) is 21.0. The van der Waals surface area contributed by atoms with Gasteiger partial charge in [-0.15, -0.1) is 0 Å². The molecular weight excluding hydrogens is 484 g/mol. The van der Waals surface area contributed by atoms with Gasteiger partial charge < -0.3 is 25.2 Å². The van der Waals surface area contributed by atoms with Crippen LogP contribution in [0.15, 0.2) is 30.3 Å². The highest BCUT2D eigenvalue weighted by Gasteiger charge is 2.29. The molecule has 2 N–H and O–H groups in total. The van der Waals surface area contributed by atoms with Crippen LogP contribution in [0.2, 0.25) is 0 Å². The molecular formula is C24H30N6O5S. The van der Waals surface area contributed by atoms with E-state index in [1.54, 1.807) is 30.3 Å². The molecule has 0 spiro atoms. The fourth-order valence-electron chi connectivity index (χ4n) is 4.25. The Bertz CT molecular complexity index is 1230. The van der Waals surface area contributed by atoms with Gasteiger partial charge in [0.2, 0.25) is 0 Å². The molecule has 0 unspecified atom stereocenters. The number of benzene rings is 1. The zero-order chi connectivity index (χ0) is 25.3. The number of rotatable bonds is 5. The number of sulfone groups is 1. The smallest absolute Gasteiger partial charge is 0.319 e. The molecule has 3 amide bonds. The molecule has 1 atom stereocenters. The summed E-state index contributed by atoms with van der Waals surface area (Å²) >= 11 is 0. The number of amides is 3. The number of hydrogen-bond acceptors (Lipinski definition) is 8. The lowest BCUT2D eigenvalue weighted by atomic mass is 10.1. The number of hydrogen-bond donors (Lipinski definition) is 2. The predicted molar refractivity (Wildman–Crippen MR) is 135 cm³/mol. The molecule has 3 aliphatic rings. The van der Waals surface area contributed by atoms with Gasteiger partial charge in [0.05, 0.1) is 30.8 Å². The van der Waals surface area contributed by atoms with Crippen molar-refractivity contribution < 1.29 is 22.7 Å². The molecule has 1 saturated carbocycles. The van der Waals surface area contributed by atoms with Crippen molar-refractivity contribution in [2.24, 2.45) is 0 Å². The third-order valence-corrected chi connectivity index (χ3v) is 8.15. The van der Waals surface area contributed by atoms with Gasteiger partial charge in [0.1, 0.15) is 11.5 Å². The Kier molecular flexibility index (Phi) is 6.80. The molecule has 5 rings (SSSR count). The number of carbonyl (C=O) groups is 2. The number of urea groups is 1. The Labute approximate surface area is 210 Å². The summed E-state index contributed by atoms with van der Waals surface area (Å²) in [5.74, 6) is 0.591. The number of ether oxygens (including phenoxy) is 1. The van der Waals surface area contributed by atoms with E-state index in [2.05, 4.69) is 20.5 Å². The van der Waals surface area contributed by atoms with Crippen molar-refractivity contribution in [3.05, 3.63) is 36.0 Å². The lowest BCUT2D eigenvalue weighted by Gasteiger charge is -2.34. The maximum absolute atomic E-state index is 13.3. The van der Waals surface area contributed by atoms with Gasteiger partial charge in [-0.1, -0.05) is 0 Å². The summed E-state index contributed by atoms with van der Waals surface area (Å²) in [6, 6.07) is 8.92. The lowest BCUT2D eigenvalue weighted by molar-refractivity contribution is 0.0764. The highest BCUT2D eigenvalue weighted by atomic mass is 32.2. The molecule has 0 bridgehead atoms. The Morgan fingerprint density at radius 3 is 2.44 bits per heavy atom.